The first-order valence-electron chi connectivity index (χ1n) is 8.72. The highest BCUT2D eigenvalue weighted by Gasteiger charge is 2.37. The van der Waals surface area contributed by atoms with Gasteiger partial charge in [0, 0.05) is 16.9 Å². The van der Waals surface area contributed by atoms with E-state index < -0.39 is 17.8 Å². The average molecular weight is 398 g/mol. The molecule has 0 bridgehead atoms. The summed E-state index contributed by atoms with van der Waals surface area (Å²) in [7, 11) is 1.60. The molecule has 144 valence electrons. The van der Waals surface area contributed by atoms with Crippen LogP contribution < -0.4 is 10.1 Å². The van der Waals surface area contributed by atoms with E-state index in [1.165, 1.54) is 16.3 Å². The lowest BCUT2D eigenvalue weighted by Crippen LogP contribution is -2.41. The van der Waals surface area contributed by atoms with Gasteiger partial charge in [-0.05, 0) is 23.6 Å². The second-order valence-corrected chi connectivity index (χ2v) is 7.37. The topological polar surface area (TPSA) is 91.3 Å². The molecule has 9 heteroatoms. The van der Waals surface area contributed by atoms with E-state index in [1.807, 2.05) is 41.8 Å². The number of thiophene rings is 1. The van der Waals surface area contributed by atoms with Gasteiger partial charge in [-0.1, -0.05) is 18.2 Å². The van der Waals surface area contributed by atoms with E-state index >= 15 is 0 Å². The number of imide groups is 1. The van der Waals surface area contributed by atoms with Crippen molar-refractivity contribution in [2.75, 3.05) is 20.2 Å². The van der Waals surface area contributed by atoms with E-state index in [2.05, 4.69) is 10.4 Å². The summed E-state index contributed by atoms with van der Waals surface area (Å²) in [5.74, 6) is -0.110. The molecule has 4 rings (SSSR count). The van der Waals surface area contributed by atoms with Crippen LogP contribution in [0.15, 0.2) is 46.9 Å². The number of nitrogens with zero attached hydrogens (tertiary/aromatic N) is 3. The number of benzene rings is 1. The summed E-state index contributed by atoms with van der Waals surface area (Å²) < 4.78 is 5.28. The Hall–Kier alpha value is -3.20. The second kappa shape index (κ2) is 7.43. The minimum absolute atomic E-state index is 0.0845. The number of ether oxygens (including phenoxy) is 1. The molecule has 2 aliphatic heterocycles. The quantitative estimate of drug-likeness (QED) is 0.780. The molecule has 0 spiro atoms. The monoisotopic (exact) mass is 398 g/mol. The Kier molecular flexibility index (Phi) is 4.82. The Balaban J connectivity index is 1.62. The smallest absolute Gasteiger partial charge is 0.325 e. The second-order valence-electron chi connectivity index (χ2n) is 6.39. The lowest BCUT2D eigenvalue weighted by molar-refractivity contribution is -0.137. The third-order valence-electron chi connectivity index (χ3n) is 4.67. The Morgan fingerprint density at radius 2 is 2.18 bits per heavy atom. The van der Waals surface area contributed by atoms with Crippen molar-refractivity contribution in [1.29, 1.82) is 0 Å². The van der Waals surface area contributed by atoms with Crippen molar-refractivity contribution in [3.8, 4) is 5.75 Å². The van der Waals surface area contributed by atoms with Gasteiger partial charge in [-0.2, -0.15) is 5.10 Å². The maximum Gasteiger partial charge on any atom is 0.325 e. The van der Waals surface area contributed by atoms with Crippen molar-refractivity contribution in [3.63, 3.8) is 0 Å². The van der Waals surface area contributed by atoms with Gasteiger partial charge in [-0.25, -0.2) is 9.80 Å². The minimum atomic E-state index is -0.554. The van der Waals surface area contributed by atoms with E-state index in [0.29, 0.717) is 12.2 Å². The molecule has 2 aliphatic rings. The molecule has 0 aliphatic carbocycles. The summed E-state index contributed by atoms with van der Waals surface area (Å²) >= 11 is 1.54. The minimum Gasteiger partial charge on any atom is -0.497 e. The van der Waals surface area contributed by atoms with Crippen LogP contribution in [0.25, 0.3) is 0 Å². The van der Waals surface area contributed by atoms with Crippen LogP contribution in [0.5, 0.6) is 5.75 Å². The normalized spacial score (nSPS) is 19.0. The molecule has 1 aromatic carbocycles. The molecule has 1 atom stereocenters. The highest BCUT2D eigenvalue weighted by atomic mass is 32.1. The molecule has 2 aromatic rings. The largest absolute Gasteiger partial charge is 0.497 e. The van der Waals surface area contributed by atoms with Crippen LogP contribution in [-0.4, -0.2) is 53.7 Å². The fourth-order valence-corrected chi connectivity index (χ4v) is 4.05. The number of carbonyl (C=O) groups is 3. The van der Waals surface area contributed by atoms with Crippen molar-refractivity contribution >= 4 is 34.9 Å². The number of hydrogen-bond donors (Lipinski definition) is 1. The summed E-state index contributed by atoms with van der Waals surface area (Å²) in [6.07, 6.45) is 0.541. The van der Waals surface area contributed by atoms with Gasteiger partial charge in [-0.15, -0.1) is 11.3 Å². The van der Waals surface area contributed by atoms with Gasteiger partial charge in [0.2, 0.25) is 0 Å². The molecule has 28 heavy (non-hydrogen) atoms. The third-order valence-corrected chi connectivity index (χ3v) is 5.64. The lowest BCUT2D eigenvalue weighted by Gasteiger charge is -2.22. The summed E-state index contributed by atoms with van der Waals surface area (Å²) in [4.78, 5) is 38.4. The van der Waals surface area contributed by atoms with Gasteiger partial charge in [0.05, 0.1) is 25.4 Å². The van der Waals surface area contributed by atoms with Crippen molar-refractivity contribution < 1.29 is 19.1 Å². The molecule has 8 nitrogen and oxygen atoms in total. The number of amides is 4. The Labute approximate surface area is 165 Å². The summed E-state index contributed by atoms with van der Waals surface area (Å²) in [5.41, 5.74) is 1.62. The van der Waals surface area contributed by atoms with Crippen LogP contribution >= 0.6 is 11.3 Å². The van der Waals surface area contributed by atoms with Crippen molar-refractivity contribution in [1.82, 2.24) is 15.2 Å². The van der Waals surface area contributed by atoms with Crippen LogP contribution in [0, 0.1) is 0 Å². The molecule has 1 fully saturated rings. The van der Waals surface area contributed by atoms with Gasteiger partial charge >= 0.3 is 6.03 Å². The SMILES string of the molecule is COc1cccc(C2=NN(C(=O)CN3C(=O)CNC3=O)C(c3cccs3)C2)c1. The number of nitrogens with one attached hydrogen (secondary N) is 1. The van der Waals surface area contributed by atoms with Crippen molar-refractivity contribution in [3.05, 3.63) is 52.2 Å². The van der Waals surface area contributed by atoms with Crippen LogP contribution in [0.3, 0.4) is 0 Å². The van der Waals surface area contributed by atoms with Crippen LogP contribution in [-0.2, 0) is 9.59 Å². The summed E-state index contributed by atoms with van der Waals surface area (Å²) in [6.45, 7) is -0.416. The number of carbonyl (C=O) groups excluding carboxylic acids is 3. The highest BCUT2D eigenvalue weighted by Crippen LogP contribution is 2.35. The zero-order valence-corrected chi connectivity index (χ0v) is 15.9. The predicted octanol–water partition coefficient (Wildman–Crippen LogP) is 1.99. The van der Waals surface area contributed by atoms with E-state index in [0.717, 1.165) is 21.1 Å². The van der Waals surface area contributed by atoms with Crippen LogP contribution in [0.1, 0.15) is 22.9 Å². The van der Waals surface area contributed by atoms with E-state index in [1.54, 1.807) is 7.11 Å². The summed E-state index contributed by atoms with van der Waals surface area (Å²) in [5, 5.41) is 10.3. The van der Waals surface area contributed by atoms with Crippen molar-refractivity contribution in [2.45, 2.75) is 12.5 Å². The van der Waals surface area contributed by atoms with Gasteiger partial charge in [0.1, 0.15) is 12.3 Å². The first-order valence-corrected chi connectivity index (χ1v) is 9.60. The number of urea groups is 1. The number of rotatable bonds is 5. The van der Waals surface area contributed by atoms with Crippen molar-refractivity contribution in [2.24, 2.45) is 5.10 Å². The number of hydrazone groups is 1. The maximum atomic E-state index is 12.9. The molecule has 1 saturated heterocycles. The molecule has 1 aromatic heterocycles. The molecule has 0 saturated carbocycles. The maximum absolute atomic E-state index is 12.9. The Bertz CT molecular complexity index is 941. The van der Waals surface area contributed by atoms with E-state index in [-0.39, 0.29) is 19.1 Å². The number of methoxy groups -OCH3 is 1. The number of hydrogen-bond acceptors (Lipinski definition) is 6. The van der Waals surface area contributed by atoms with Gasteiger partial charge in [-0.3, -0.25) is 14.5 Å². The first kappa shape index (κ1) is 18.2. The summed E-state index contributed by atoms with van der Waals surface area (Å²) in [6, 6.07) is 10.5. The zero-order valence-electron chi connectivity index (χ0n) is 15.1. The lowest BCUT2D eigenvalue weighted by atomic mass is 10.0. The Morgan fingerprint density at radius 1 is 1.32 bits per heavy atom. The molecule has 3 heterocycles. The van der Waals surface area contributed by atoms with Crippen LogP contribution in [0.2, 0.25) is 0 Å². The predicted molar refractivity (Wildman–Crippen MR) is 103 cm³/mol. The van der Waals surface area contributed by atoms with Gasteiger partial charge in [0.25, 0.3) is 11.8 Å². The molecular formula is C19H18N4O4S. The Morgan fingerprint density at radius 3 is 2.86 bits per heavy atom. The average Bonchev–Trinajstić information content (AvgIpc) is 3.44. The van der Waals surface area contributed by atoms with E-state index in [9.17, 15) is 14.4 Å². The van der Waals surface area contributed by atoms with Gasteiger partial charge < -0.3 is 10.1 Å². The fraction of sp³-hybridized carbons (Fsp3) is 0.263. The molecule has 1 unspecified atom stereocenters. The third kappa shape index (κ3) is 3.36. The van der Waals surface area contributed by atoms with E-state index in [4.69, 9.17) is 4.74 Å². The molecule has 0 radical (unpaired) electrons. The fourth-order valence-electron chi connectivity index (χ4n) is 3.24. The first-order chi connectivity index (χ1) is 13.6. The van der Waals surface area contributed by atoms with Gasteiger partial charge in [0.15, 0.2) is 0 Å². The zero-order chi connectivity index (χ0) is 19.7. The standard InChI is InChI=1S/C19H18N4O4S/c1-27-13-5-2-4-12(8-13)14-9-15(16-6-3-7-28-16)23(21-14)18(25)11-22-17(24)10-20-19(22)26/h2-8,15H,9-11H2,1H3,(H,20,26). The molecule has 4 amide bonds. The highest BCUT2D eigenvalue weighted by molar-refractivity contribution is 7.10. The molecular weight excluding hydrogens is 380 g/mol. The van der Waals surface area contributed by atoms with Crippen LogP contribution in [0.4, 0.5) is 4.79 Å². The molecule has 1 N–H and O–H groups in total.